The van der Waals surface area contributed by atoms with Crippen LogP contribution < -0.4 is 5.73 Å². The molecule has 108 valence electrons. The Morgan fingerprint density at radius 3 is 2.70 bits per heavy atom. The van der Waals surface area contributed by atoms with Crippen LogP contribution in [-0.2, 0) is 14.2 Å². The van der Waals surface area contributed by atoms with Crippen molar-refractivity contribution in [3.05, 3.63) is 17.6 Å². The van der Waals surface area contributed by atoms with Gasteiger partial charge >= 0.3 is 0 Å². The Bertz CT molecular complexity index is 562. The zero-order valence-corrected chi connectivity index (χ0v) is 11.2. The van der Waals surface area contributed by atoms with Gasteiger partial charge in [-0.2, -0.15) is 5.26 Å². The Morgan fingerprint density at radius 1 is 1.40 bits per heavy atom. The predicted molar refractivity (Wildman–Crippen MR) is 66.4 cm³/mol. The van der Waals surface area contributed by atoms with Crippen molar-refractivity contribution in [2.45, 2.75) is 44.1 Å². The molecule has 1 aromatic rings. The van der Waals surface area contributed by atoms with Crippen LogP contribution in [0.15, 0.2) is 10.7 Å². The van der Waals surface area contributed by atoms with E-state index in [1.165, 1.54) is 6.26 Å². The molecule has 0 amide bonds. The number of aliphatic hydroxyl groups excluding tert-OH is 1. The lowest BCUT2D eigenvalue weighted by Gasteiger charge is -2.23. The first-order valence-electron chi connectivity index (χ1n) is 6.35. The molecule has 3 heterocycles. The zero-order chi connectivity index (χ0) is 14.5. The molecule has 0 aromatic carbocycles. The molecule has 0 spiro atoms. The number of nitrogen functional groups attached to an aromatic ring is 1. The number of nitriles is 1. The van der Waals surface area contributed by atoms with Gasteiger partial charge in [-0.25, -0.2) is 0 Å². The summed E-state index contributed by atoms with van der Waals surface area (Å²) in [5.41, 5.74) is 6.66. The summed E-state index contributed by atoms with van der Waals surface area (Å²) in [6.07, 6.45) is -0.394. The number of furan rings is 1. The lowest BCUT2D eigenvalue weighted by molar-refractivity contribution is -0.191. The minimum absolute atomic E-state index is 0.0470. The molecule has 2 aliphatic rings. The molecule has 3 N–H and O–H groups in total. The van der Waals surface area contributed by atoms with Gasteiger partial charge in [-0.3, -0.25) is 0 Å². The first kappa shape index (κ1) is 13.4. The van der Waals surface area contributed by atoms with Crippen LogP contribution in [0.3, 0.4) is 0 Å². The molecule has 2 fully saturated rings. The second kappa shape index (κ2) is 4.46. The Kier molecular flexibility index (Phi) is 2.99. The van der Waals surface area contributed by atoms with Gasteiger partial charge in [0.15, 0.2) is 5.79 Å². The summed E-state index contributed by atoms with van der Waals surface area (Å²) in [5.74, 6) is -0.702. The SMILES string of the molecule is CC1(C)O[C@@H]2[C@H](O1)[C@@H](CO)O[C@H]2c1coc(C#N)c1N. The standard InChI is InChI=1S/C13H16N2O5/c1-13(2)19-11-8(4-16)18-10(12(11)20-13)6-5-17-7(3-14)9(6)15/h5,8,10-12,16H,4,15H2,1-2H3/t8-,10+,11-,12+/m1/s1. The maximum atomic E-state index is 9.40. The van der Waals surface area contributed by atoms with E-state index in [9.17, 15) is 5.11 Å². The van der Waals surface area contributed by atoms with Crippen LogP contribution in [-0.4, -0.2) is 35.8 Å². The van der Waals surface area contributed by atoms with Crippen molar-refractivity contribution in [2.75, 3.05) is 12.3 Å². The molecule has 0 radical (unpaired) electrons. The van der Waals surface area contributed by atoms with Gasteiger partial charge in [0.1, 0.15) is 36.7 Å². The largest absolute Gasteiger partial charge is 0.451 e. The van der Waals surface area contributed by atoms with E-state index in [2.05, 4.69) is 0 Å². The van der Waals surface area contributed by atoms with E-state index in [4.69, 9.17) is 29.6 Å². The minimum Gasteiger partial charge on any atom is -0.451 e. The van der Waals surface area contributed by atoms with Gasteiger partial charge in [0.05, 0.1) is 12.3 Å². The van der Waals surface area contributed by atoms with Gasteiger partial charge < -0.3 is 29.5 Å². The van der Waals surface area contributed by atoms with E-state index >= 15 is 0 Å². The normalized spacial score (nSPS) is 34.9. The van der Waals surface area contributed by atoms with Crippen molar-refractivity contribution < 1.29 is 23.7 Å². The molecule has 2 saturated heterocycles. The highest BCUT2D eigenvalue weighted by molar-refractivity contribution is 5.56. The van der Waals surface area contributed by atoms with Gasteiger partial charge in [-0.15, -0.1) is 0 Å². The van der Waals surface area contributed by atoms with Crippen LogP contribution in [0, 0.1) is 11.3 Å². The van der Waals surface area contributed by atoms with Gasteiger partial charge in [0, 0.05) is 5.56 Å². The average Bonchev–Trinajstić information content (AvgIpc) is 3.00. The fourth-order valence-electron chi connectivity index (χ4n) is 2.77. The lowest BCUT2D eigenvalue weighted by atomic mass is 10.0. The summed E-state index contributed by atoms with van der Waals surface area (Å²) < 4.78 is 22.4. The first-order valence-corrected chi connectivity index (χ1v) is 6.35. The highest BCUT2D eigenvalue weighted by Crippen LogP contribution is 2.46. The summed E-state index contributed by atoms with van der Waals surface area (Å²) in [6.45, 7) is 3.42. The number of hydrogen-bond donors (Lipinski definition) is 2. The van der Waals surface area contributed by atoms with Crippen LogP contribution in [0.25, 0.3) is 0 Å². The van der Waals surface area contributed by atoms with Crippen molar-refractivity contribution >= 4 is 5.69 Å². The van der Waals surface area contributed by atoms with Gasteiger partial charge in [-0.05, 0) is 13.8 Å². The Morgan fingerprint density at radius 2 is 2.10 bits per heavy atom. The fourth-order valence-corrected chi connectivity index (χ4v) is 2.77. The predicted octanol–water partition coefficient (Wildman–Crippen LogP) is 0.686. The molecule has 0 unspecified atom stereocenters. The van der Waals surface area contributed by atoms with E-state index in [1.54, 1.807) is 13.8 Å². The molecule has 0 saturated carbocycles. The van der Waals surface area contributed by atoms with Crippen molar-refractivity contribution in [2.24, 2.45) is 0 Å². The third-order valence-corrected chi connectivity index (χ3v) is 3.60. The summed E-state index contributed by atoms with van der Waals surface area (Å²) in [7, 11) is 0. The molecule has 1 aromatic heterocycles. The van der Waals surface area contributed by atoms with Crippen molar-refractivity contribution in [3.8, 4) is 6.07 Å². The van der Waals surface area contributed by atoms with E-state index in [-0.39, 0.29) is 24.2 Å². The Hall–Kier alpha value is -1.59. The number of aliphatic hydroxyl groups is 1. The summed E-state index contributed by atoms with van der Waals surface area (Å²) in [5, 5.41) is 18.3. The number of ether oxygens (including phenoxy) is 3. The average molecular weight is 280 g/mol. The Balaban J connectivity index is 1.94. The molecule has 2 aliphatic heterocycles. The molecule has 20 heavy (non-hydrogen) atoms. The highest BCUT2D eigenvalue weighted by Gasteiger charge is 2.56. The number of nitrogens with zero attached hydrogens (tertiary/aromatic N) is 1. The minimum atomic E-state index is -0.749. The number of hydrogen-bond acceptors (Lipinski definition) is 7. The van der Waals surface area contributed by atoms with Crippen molar-refractivity contribution in [1.29, 1.82) is 5.26 Å². The molecule has 0 bridgehead atoms. The fraction of sp³-hybridized carbons (Fsp3) is 0.615. The smallest absolute Gasteiger partial charge is 0.226 e. The zero-order valence-electron chi connectivity index (χ0n) is 11.2. The van der Waals surface area contributed by atoms with E-state index in [1.807, 2.05) is 6.07 Å². The third-order valence-electron chi connectivity index (χ3n) is 3.60. The number of anilines is 1. The molecule has 4 atom stereocenters. The van der Waals surface area contributed by atoms with Crippen LogP contribution in [0.5, 0.6) is 0 Å². The van der Waals surface area contributed by atoms with Gasteiger partial charge in [0.2, 0.25) is 5.76 Å². The molecular formula is C13H16N2O5. The van der Waals surface area contributed by atoms with Crippen LogP contribution in [0.2, 0.25) is 0 Å². The molecular weight excluding hydrogens is 264 g/mol. The van der Waals surface area contributed by atoms with E-state index in [0.29, 0.717) is 5.56 Å². The maximum absolute atomic E-state index is 9.40. The van der Waals surface area contributed by atoms with Crippen LogP contribution >= 0.6 is 0 Å². The quantitative estimate of drug-likeness (QED) is 0.819. The Labute approximate surface area is 115 Å². The molecule has 0 aliphatic carbocycles. The topological polar surface area (TPSA) is 111 Å². The summed E-state index contributed by atoms with van der Waals surface area (Å²) in [6, 6.07) is 1.87. The van der Waals surface area contributed by atoms with Gasteiger partial charge in [0.25, 0.3) is 0 Å². The summed E-state index contributed by atoms with van der Waals surface area (Å²) in [4.78, 5) is 0. The monoisotopic (exact) mass is 280 g/mol. The van der Waals surface area contributed by atoms with Crippen LogP contribution in [0.4, 0.5) is 5.69 Å². The highest BCUT2D eigenvalue weighted by atomic mass is 16.8. The molecule has 7 heteroatoms. The third kappa shape index (κ3) is 1.89. The van der Waals surface area contributed by atoms with Crippen LogP contribution in [0.1, 0.15) is 31.3 Å². The molecule has 7 nitrogen and oxygen atoms in total. The maximum Gasteiger partial charge on any atom is 0.226 e. The number of fused-ring (bicyclic) bond motifs is 1. The number of nitrogens with two attached hydrogens (primary N) is 1. The summed E-state index contributed by atoms with van der Waals surface area (Å²) >= 11 is 0. The van der Waals surface area contributed by atoms with Crippen molar-refractivity contribution in [3.63, 3.8) is 0 Å². The lowest BCUT2D eigenvalue weighted by Crippen LogP contribution is -2.31. The first-order chi connectivity index (χ1) is 9.46. The van der Waals surface area contributed by atoms with E-state index in [0.717, 1.165) is 0 Å². The second-order valence-electron chi connectivity index (χ2n) is 5.39. The van der Waals surface area contributed by atoms with Gasteiger partial charge in [-0.1, -0.05) is 0 Å². The second-order valence-corrected chi connectivity index (χ2v) is 5.39. The number of rotatable bonds is 2. The van der Waals surface area contributed by atoms with E-state index < -0.39 is 24.1 Å². The molecule has 3 rings (SSSR count). The van der Waals surface area contributed by atoms with Crippen molar-refractivity contribution in [1.82, 2.24) is 0 Å².